The van der Waals surface area contributed by atoms with Gasteiger partial charge in [0.15, 0.2) is 0 Å². The maximum Gasteiger partial charge on any atom is 0.241 e. The van der Waals surface area contributed by atoms with Crippen LogP contribution < -0.4 is 4.90 Å². The largest absolute Gasteiger partial charge is 0.365 e. The molecular weight excluding hydrogens is 320 g/mol. The van der Waals surface area contributed by atoms with Gasteiger partial charge in [0.1, 0.15) is 17.7 Å². The van der Waals surface area contributed by atoms with Crippen LogP contribution in [0.3, 0.4) is 0 Å². The van der Waals surface area contributed by atoms with Crippen molar-refractivity contribution in [2.45, 2.75) is 26.1 Å². The minimum Gasteiger partial charge on any atom is -0.365 e. The van der Waals surface area contributed by atoms with E-state index in [9.17, 15) is 4.79 Å². The number of nitrogens with zero attached hydrogens (tertiary/aromatic N) is 8. The highest BCUT2D eigenvalue weighted by atomic mass is 16.2. The van der Waals surface area contributed by atoms with Crippen molar-refractivity contribution in [1.82, 2.24) is 34.3 Å². The third-order valence-electron chi connectivity index (χ3n) is 5.22. The van der Waals surface area contributed by atoms with E-state index in [0.717, 1.165) is 43.5 Å². The topological polar surface area (TPSA) is 75.3 Å². The van der Waals surface area contributed by atoms with Crippen LogP contribution in [0.5, 0.6) is 0 Å². The highest BCUT2D eigenvalue weighted by Gasteiger charge is 2.35. The molecule has 4 heterocycles. The third-order valence-corrected chi connectivity index (χ3v) is 5.22. The van der Waals surface area contributed by atoms with Gasteiger partial charge in [-0.2, -0.15) is 5.10 Å². The molecule has 2 aliphatic heterocycles. The molecule has 0 aliphatic carbocycles. The molecule has 0 saturated carbocycles. The van der Waals surface area contributed by atoms with Gasteiger partial charge in [0.25, 0.3) is 0 Å². The average Bonchev–Trinajstić information content (AvgIpc) is 3.20. The molecular formula is C16H24N8O. The molecule has 1 unspecified atom stereocenters. The maximum absolute atomic E-state index is 13.0. The molecule has 1 amide bonds. The van der Waals surface area contributed by atoms with Crippen LogP contribution in [-0.4, -0.2) is 79.5 Å². The van der Waals surface area contributed by atoms with Gasteiger partial charge in [-0.25, -0.2) is 0 Å². The molecule has 0 N–H and O–H groups in total. The van der Waals surface area contributed by atoms with Crippen LogP contribution >= 0.6 is 0 Å². The van der Waals surface area contributed by atoms with E-state index in [-0.39, 0.29) is 11.9 Å². The number of hydrogen-bond donors (Lipinski definition) is 0. The molecule has 9 nitrogen and oxygen atoms in total. The van der Waals surface area contributed by atoms with E-state index in [2.05, 4.69) is 29.7 Å². The summed E-state index contributed by atoms with van der Waals surface area (Å²) in [6.45, 7) is 6.39. The first-order valence-electron chi connectivity index (χ1n) is 8.64. The standard InChI is InChI=1S/C16H24N8O/c1-12-18-19-15-11-20(2)14(10-24(12)15)16(25)23-6-4-22(5-7-23)13-8-17-21(3)9-13/h8-9,14H,4-7,10-11H2,1-3H3. The molecule has 0 radical (unpaired) electrons. The summed E-state index contributed by atoms with van der Waals surface area (Å²) < 4.78 is 3.87. The minimum absolute atomic E-state index is 0.146. The fourth-order valence-corrected chi connectivity index (χ4v) is 3.66. The summed E-state index contributed by atoms with van der Waals surface area (Å²) in [7, 11) is 3.91. The molecule has 0 bridgehead atoms. The zero-order valence-corrected chi connectivity index (χ0v) is 15.0. The Balaban J connectivity index is 1.41. The summed E-state index contributed by atoms with van der Waals surface area (Å²) in [5.41, 5.74) is 1.12. The van der Waals surface area contributed by atoms with Gasteiger partial charge in [0.05, 0.1) is 25.0 Å². The van der Waals surface area contributed by atoms with Crippen molar-refractivity contribution < 1.29 is 4.79 Å². The summed E-state index contributed by atoms with van der Waals surface area (Å²) in [5.74, 6) is 2.01. The van der Waals surface area contributed by atoms with E-state index in [4.69, 9.17) is 0 Å². The summed E-state index contributed by atoms with van der Waals surface area (Å²) in [6.07, 6.45) is 3.89. The molecule has 134 valence electrons. The Morgan fingerprint density at radius 2 is 1.92 bits per heavy atom. The number of aryl methyl sites for hydroxylation is 2. The number of carbonyl (C=O) groups excluding carboxylic acids is 1. The lowest BCUT2D eigenvalue weighted by Crippen LogP contribution is -2.56. The van der Waals surface area contributed by atoms with Crippen molar-refractivity contribution in [3.63, 3.8) is 0 Å². The van der Waals surface area contributed by atoms with E-state index in [1.54, 1.807) is 0 Å². The van der Waals surface area contributed by atoms with Crippen molar-refractivity contribution in [2.24, 2.45) is 7.05 Å². The lowest BCUT2D eigenvalue weighted by molar-refractivity contribution is -0.138. The summed E-state index contributed by atoms with van der Waals surface area (Å²) in [6, 6.07) is -0.146. The molecule has 0 spiro atoms. The molecule has 0 aromatic carbocycles. The number of carbonyl (C=O) groups is 1. The van der Waals surface area contributed by atoms with Crippen LogP contribution in [-0.2, 0) is 24.9 Å². The molecule has 1 atom stereocenters. The van der Waals surface area contributed by atoms with Crippen LogP contribution in [0, 0.1) is 6.92 Å². The van der Waals surface area contributed by atoms with Gasteiger partial charge in [-0.15, -0.1) is 10.2 Å². The molecule has 4 rings (SSSR count). The van der Waals surface area contributed by atoms with Crippen LogP contribution in [0.1, 0.15) is 11.6 Å². The summed E-state index contributed by atoms with van der Waals surface area (Å²) in [4.78, 5) is 19.4. The van der Waals surface area contributed by atoms with E-state index in [1.807, 2.05) is 43.0 Å². The maximum atomic E-state index is 13.0. The Bertz CT molecular complexity index is 773. The number of fused-ring (bicyclic) bond motifs is 1. The van der Waals surface area contributed by atoms with Gasteiger partial charge in [0.2, 0.25) is 5.91 Å². The van der Waals surface area contributed by atoms with Crippen molar-refractivity contribution in [3.8, 4) is 0 Å². The van der Waals surface area contributed by atoms with Gasteiger partial charge in [0, 0.05) is 39.4 Å². The zero-order valence-electron chi connectivity index (χ0n) is 15.0. The highest BCUT2D eigenvalue weighted by molar-refractivity contribution is 5.82. The van der Waals surface area contributed by atoms with Gasteiger partial charge >= 0.3 is 0 Å². The third kappa shape index (κ3) is 2.88. The Labute approximate surface area is 146 Å². The molecule has 9 heteroatoms. The number of aromatic nitrogens is 5. The predicted octanol–water partition coefficient (Wildman–Crippen LogP) is -0.517. The van der Waals surface area contributed by atoms with E-state index in [1.165, 1.54) is 0 Å². The minimum atomic E-state index is -0.146. The molecule has 25 heavy (non-hydrogen) atoms. The van der Waals surface area contributed by atoms with E-state index < -0.39 is 0 Å². The molecule has 2 aliphatic rings. The number of likely N-dealkylation sites (N-methyl/N-ethyl adjacent to an activating group) is 1. The smallest absolute Gasteiger partial charge is 0.241 e. The first-order valence-corrected chi connectivity index (χ1v) is 8.64. The van der Waals surface area contributed by atoms with Crippen LogP contribution in [0.2, 0.25) is 0 Å². The van der Waals surface area contributed by atoms with Crippen LogP contribution in [0.4, 0.5) is 5.69 Å². The lowest BCUT2D eigenvalue weighted by atomic mass is 10.1. The first kappa shape index (κ1) is 16.1. The predicted molar refractivity (Wildman–Crippen MR) is 92.0 cm³/mol. The fourth-order valence-electron chi connectivity index (χ4n) is 3.66. The number of anilines is 1. The Hall–Kier alpha value is -2.42. The number of piperazine rings is 1. The normalized spacial score (nSPS) is 21.5. The summed E-state index contributed by atoms with van der Waals surface area (Å²) in [5, 5.41) is 12.5. The SMILES string of the molecule is Cc1nnc2n1CC(C(=O)N1CCN(c3cnn(C)c3)CC1)N(C)C2. The van der Waals surface area contributed by atoms with Gasteiger partial charge in [-0.3, -0.25) is 14.4 Å². The van der Waals surface area contributed by atoms with Gasteiger partial charge < -0.3 is 14.4 Å². The van der Waals surface area contributed by atoms with Crippen molar-refractivity contribution in [3.05, 3.63) is 24.0 Å². The Morgan fingerprint density at radius 1 is 1.16 bits per heavy atom. The van der Waals surface area contributed by atoms with Crippen molar-refractivity contribution in [2.75, 3.05) is 38.1 Å². The second kappa shape index (κ2) is 6.14. The number of hydrogen-bond acceptors (Lipinski definition) is 6. The Kier molecular flexibility index (Phi) is 3.95. The average molecular weight is 344 g/mol. The van der Waals surface area contributed by atoms with Crippen LogP contribution in [0.15, 0.2) is 12.4 Å². The second-order valence-electron chi connectivity index (χ2n) is 6.89. The molecule has 2 aromatic rings. The second-order valence-corrected chi connectivity index (χ2v) is 6.89. The van der Waals surface area contributed by atoms with E-state index >= 15 is 0 Å². The lowest BCUT2D eigenvalue weighted by Gasteiger charge is -2.40. The van der Waals surface area contributed by atoms with Gasteiger partial charge in [-0.1, -0.05) is 0 Å². The zero-order chi connectivity index (χ0) is 17.6. The molecule has 1 fully saturated rings. The highest BCUT2D eigenvalue weighted by Crippen LogP contribution is 2.20. The molecule has 2 aromatic heterocycles. The first-order chi connectivity index (χ1) is 12.0. The fraction of sp³-hybridized carbons (Fsp3) is 0.625. The van der Waals surface area contributed by atoms with E-state index in [0.29, 0.717) is 13.1 Å². The number of rotatable bonds is 2. The van der Waals surface area contributed by atoms with Gasteiger partial charge in [-0.05, 0) is 14.0 Å². The van der Waals surface area contributed by atoms with Crippen molar-refractivity contribution >= 4 is 11.6 Å². The van der Waals surface area contributed by atoms with Crippen LogP contribution in [0.25, 0.3) is 0 Å². The Morgan fingerprint density at radius 3 is 2.60 bits per heavy atom. The molecule has 1 saturated heterocycles. The van der Waals surface area contributed by atoms with Crippen molar-refractivity contribution in [1.29, 1.82) is 0 Å². The summed E-state index contributed by atoms with van der Waals surface area (Å²) >= 11 is 0. The quantitative estimate of drug-likeness (QED) is 0.730. The number of amides is 1. The monoisotopic (exact) mass is 344 g/mol.